The number of carbonyl (C=O) groups is 1. The maximum Gasteiger partial charge on any atom is 0.286 e. The molecule has 1 aliphatic heterocycles. The fraction of sp³-hybridized carbons (Fsp3) is 0.579. The fourth-order valence-corrected chi connectivity index (χ4v) is 3.43. The van der Waals surface area contributed by atoms with Crippen molar-refractivity contribution in [3.05, 3.63) is 41.1 Å². The quantitative estimate of drug-likeness (QED) is 0.677. The van der Waals surface area contributed by atoms with Gasteiger partial charge in [0.15, 0.2) is 5.76 Å². The molecule has 0 bridgehead atoms. The number of nitrogens with zero attached hydrogens (tertiary/aromatic N) is 3. The molecule has 1 aliphatic rings. The van der Waals surface area contributed by atoms with E-state index in [9.17, 15) is 4.79 Å². The first-order valence-electron chi connectivity index (χ1n) is 9.48. The summed E-state index contributed by atoms with van der Waals surface area (Å²) in [5, 5.41) is 7.61. The SMILES string of the molecule is O=C(NCCCCCN1CCCCC1)c1ccc(Cn2cc(Cl)cn2)o1. The highest BCUT2D eigenvalue weighted by Gasteiger charge is 2.12. The molecule has 2 aromatic rings. The lowest BCUT2D eigenvalue weighted by molar-refractivity contribution is 0.0923. The molecule has 1 N–H and O–H groups in total. The highest BCUT2D eigenvalue weighted by Crippen LogP contribution is 2.12. The van der Waals surface area contributed by atoms with Gasteiger partial charge in [0, 0.05) is 12.7 Å². The number of furan rings is 1. The van der Waals surface area contributed by atoms with Crippen LogP contribution in [0.3, 0.4) is 0 Å². The van der Waals surface area contributed by atoms with Gasteiger partial charge < -0.3 is 14.6 Å². The minimum Gasteiger partial charge on any atom is -0.454 e. The molecule has 1 saturated heterocycles. The summed E-state index contributed by atoms with van der Waals surface area (Å²) in [6, 6.07) is 3.50. The second-order valence-electron chi connectivity index (χ2n) is 6.84. The third-order valence-electron chi connectivity index (χ3n) is 4.69. The zero-order chi connectivity index (χ0) is 18.2. The molecule has 142 valence electrons. The molecule has 1 amide bonds. The van der Waals surface area contributed by atoms with Crippen LogP contribution in [0.25, 0.3) is 0 Å². The first-order valence-corrected chi connectivity index (χ1v) is 9.86. The van der Waals surface area contributed by atoms with Crippen LogP contribution in [-0.4, -0.2) is 46.8 Å². The van der Waals surface area contributed by atoms with Crippen molar-refractivity contribution in [3.63, 3.8) is 0 Å². The van der Waals surface area contributed by atoms with Crippen LogP contribution in [0.1, 0.15) is 54.8 Å². The van der Waals surface area contributed by atoms with Crippen LogP contribution in [0.4, 0.5) is 0 Å². The second-order valence-corrected chi connectivity index (χ2v) is 7.28. The Labute approximate surface area is 159 Å². The maximum absolute atomic E-state index is 12.1. The van der Waals surface area contributed by atoms with Gasteiger partial charge in [-0.15, -0.1) is 0 Å². The largest absolute Gasteiger partial charge is 0.454 e. The van der Waals surface area contributed by atoms with Crippen molar-refractivity contribution in [2.45, 2.75) is 45.1 Å². The van der Waals surface area contributed by atoms with E-state index in [0.29, 0.717) is 29.6 Å². The van der Waals surface area contributed by atoms with Crippen LogP contribution >= 0.6 is 11.6 Å². The monoisotopic (exact) mass is 378 g/mol. The summed E-state index contributed by atoms with van der Waals surface area (Å²) >= 11 is 5.84. The predicted molar refractivity (Wildman–Crippen MR) is 102 cm³/mol. The van der Waals surface area contributed by atoms with Crippen molar-refractivity contribution in [2.24, 2.45) is 0 Å². The molecule has 0 spiro atoms. The van der Waals surface area contributed by atoms with Crippen LogP contribution in [-0.2, 0) is 6.54 Å². The summed E-state index contributed by atoms with van der Waals surface area (Å²) in [6.45, 7) is 4.83. The molecule has 7 heteroatoms. The second kappa shape index (κ2) is 9.78. The average molecular weight is 379 g/mol. The number of rotatable bonds is 9. The van der Waals surface area contributed by atoms with Gasteiger partial charge in [0.05, 0.1) is 17.8 Å². The molecule has 0 aromatic carbocycles. The summed E-state index contributed by atoms with van der Waals surface area (Å²) in [4.78, 5) is 14.7. The molecule has 26 heavy (non-hydrogen) atoms. The van der Waals surface area contributed by atoms with Gasteiger partial charge >= 0.3 is 0 Å². The standard InChI is InChI=1S/C19H27ClN4O2/c20-16-13-22-24(14-16)15-17-7-8-18(26-17)19(25)21-9-3-1-4-10-23-11-5-2-6-12-23/h7-8,13-14H,1-6,9-12,15H2,(H,21,25). The van der Waals surface area contributed by atoms with Crippen molar-refractivity contribution >= 4 is 17.5 Å². The number of amides is 1. The Balaban J connectivity index is 1.31. The third-order valence-corrected chi connectivity index (χ3v) is 4.89. The van der Waals surface area contributed by atoms with Crippen molar-refractivity contribution in [1.29, 1.82) is 0 Å². The van der Waals surface area contributed by atoms with E-state index in [1.54, 1.807) is 29.2 Å². The van der Waals surface area contributed by atoms with E-state index in [0.717, 1.165) is 12.8 Å². The van der Waals surface area contributed by atoms with E-state index >= 15 is 0 Å². The lowest BCUT2D eigenvalue weighted by atomic mass is 10.1. The van der Waals surface area contributed by atoms with Crippen molar-refractivity contribution in [1.82, 2.24) is 20.0 Å². The highest BCUT2D eigenvalue weighted by molar-refractivity contribution is 6.30. The van der Waals surface area contributed by atoms with Crippen molar-refractivity contribution < 1.29 is 9.21 Å². The lowest BCUT2D eigenvalue weighted by Crippen LogP contribution is -2.30. The molecule has 0 unspecified atom stereocenters. The molecule has 2 aromatic heterocycles. The number of carbonyl (C=O) groups excluding carboxylic acids is 1. The normalized spacial score (nSPS) is 15.3. The summed E-state index contributed by atoms with van der Waals surface area (Å²) in [5.74, 6) is 0.855. The highest BCUT2D eigenvalue weighted by atomic mass is 35.5. The first kappa shape index (κ1) is 19.0. The molecule has 0 saturated carbocycles. The van der Waals surface area contributed by atoms with Crippen molar-refractivity contribution in [2.75, 3.05) is 26.2 Å². The molecule has 6 nitrogen and oxygen atoms in total. The van der Waals surface area contributed by atoms with Gasteiger partial charge in [-0.25, -0.2) is 0 Å². The third kappa shape index (κ3) is 5.88. The number of hydrogen-bond acceptors (Lipinski definition) is 4. The number of piperidine rings is 1. The number of hydrogen-bond donors (Lipinski definition) is 1. The van der Waals surface area contributed by atoms with Gasteiger partial charge in [-0.05, 0) is 57.5 Å². The summed E-state index contributed by atoms with van der Waals surface area (Å²) < 4.78 is 7.27. The van der Waals surface area contributed by atoms with Crippen LogP contribution in [0.15, 0.2) is 28.9 Å². The molecule has 0 radical (unpaired) electrons. The molecular weight excluding hydrogens is 352 g/mol. The first-order chi connectivity index (χ1) is 12.7. The zero-order valence-corrected chi connectivity index (χ0v) is 15.9. The van der Waals surface area contributed by atoms with E-state index in [4.69, 9.17) is 16.0 Å². The van der Waals surface area contributed by atoms with Crippen LogP contribution in [0.2, 0.25) is 5.02 Å². The minimum atomic E-state index is -0.161. The molecule has 3 rings (SSSR count). The van der Waals surface area contributed by atoms with E-state index < -0.39 is 0 Å². The molecular formula is C19H27ClN4O2. The van der Waals surface area contributed by atoms with Gasteiger partial charge in [-0.3, -0.25) is 9.48 Å². The van der Waals surface area contributed by atoms with Crippen LogP contribution in [0, 0.1) is 0 Å². The molecule has 0 atom stereocenters. The van der Waals surface area contributed by atoms with Gasteiger partial charge in [0.1, 0.15) is 5.76 Å². The van der Waals surface area contributed by atoms with Crippen LogP contribution in [0.5, 0.6) is 0 Å². The Hall–Kier alpha value is -1.79. The molecule has 0 aliphatic carbocycles. The van der Waals surface area contributed by atoms with Crippen molar-refractivity contribution in [3.8, 4) is 0 Å². The number of likely N-dealkylation sites (tertiary alicyclic amines) is 1. The number of nitrogens with one attached hydrogen (secondary N) is 1. The number of aromatic nitrogens is 2. The van der Waals surface area contributed by atoms with E-state index in [1.807, 2.05) is 0 Å². The fourth-order valence-electron chi connectivity index (χ4n) is 3.28. The molecule has 3 heterocycles. The minimum absolute atomic E-state index is 0.161. The van der Waals surface area contributed by atoms with Gasteiger partial charge in [0.2, 0.25) is 0 Å². The Morgan fingerprint density at radius 3 is 2.81 bits per heavy atom. The maximum atomic E-state index is 12.1. The van der Waals surface area contributed by atoms with Crippen LogP contribution < -0.4 is 5.32 Å². The van der Waals surface area contributed by atoms with E-state index in [1.165, 1.54) is 45.3 Å². The van der Waals surface area contributed by atoms with E-state index in [2.05, 4.69) is 15.3 Å². The van der Waals surface area contributed by atoms with Gasteiger partial charge in [0.25, 0.3) is 5.91 Å². The Kier molecular flexibility index (Phi) is 7.14. The Bertz CT molecular complexity index is 691. The lowest BCUT2D eigenvalue weighted by Gasteiger charge is -2.26. The van der Waals surface area contributed by atoms with E-state index in [-0.39, 0.29) is 5.91 Å². The Morgan fingerprint density at radius 2 is 2.04 bits per heavy atom. The summed E-state index contributed by atoms with van der Waals surface area (Å²) in [7, 11) is 0. The number of unbranched alkanes of at least 4 members (excludes halogenated alkanes) is 2. The smallest absolute Gasteiger partial charge is 0.286 e. The van der Waals surface area contributed by atoms with Gasteiger partial charge in [-0.1, -0.05) is 24.4 Å². The molecule has 1 fully saturated rings. The summed E-state index contributed by atoms with van der Waals surface area (Å²) in [6.07, 6.45) is 10.7. The topological polar surface area (TPSA) is 63.3 Å². The number of halogens is 1. The van der Waals surface area contributed by atoms with Gasteiger partial charge in [-0.2, -0.15) is 5.10 Å². The summed E-state index contributed by atoms with van der Waals surface area (Å²) in [5.41, 5.74) is 0. The Morgan fingerprint density at radius 1 is 1.19 bits per heavy atom. The zero-order valence-electron chi connectivity index (χ0n) is 15.1. The predicted octanol–water partition coefficient (Wildman–Crippen LogP) is 3.56. The average Bonchev–Trinajstić information content (AvgIpc) is 3.28.